The Morgan fingerprint density at radius 1 is 1.00 bits per heavy atom. The van der Waals surface area contributed by atoms with Gasteiger partial charge in [-0.2, -0.15) is 0 Å². The third-order valence-electron chi connectivity index (χ3n) is 5.59. The van der Waals surface area contributed by atoms with Crippen LogP contribution in [0.25, 0.3) is 11.0 Å². The average Bonchev–Trinajstić information content (AvgIpc) is 3.06. The number of carbonyl (C=O) groups is 1. The number of aryl methyl sites for hydroxylation is 1. The standard InChI is InChI=1S/C23H17BrN2O/c1-14-7-9-15(10-8-14)23(2)18-6-4-3-5-17(18)21(27)26-20-13-16(24)11-12-19(20)25-22(23)26/h3-13H,1-2H3. The molecule has 4 aromatic rings. The summed E-state index contributed by atoms with van der Waals surface area (Å²) in [4.78, 5) is 18.3. The summed E-state index contributed by atoms with van der Waals surface area (Å²) in [5.41, 5.74) is 5.21. The van der Waals surface area contributed by atoms with E-state index in [0.29, 0.717) is 0 Å². The van der Waals surface area contributed by atoms with E-state index >= 15 is 0 Å². The molecular weight excluding hydrogens is 400 g/mol. The Morgan fingerprint density at radius 2 is 1.74 bits per heavy atom. The lowest BCUT2D eigenvalue weighted by Gasteiger charge is -2.36. The molecule has 5 rings (SSSR count). The molecule has 1 aliphatic rings. The zero-order chi connectivity index (χ0) is 18.8. The van der Waals surface area contributed by atoms with E-state index in [1.54, 1.807) is 4.57 Å². The number of aromatic nitrogens is 2. The zero-order valence-corrected chi connectivity index (χ0v) is 16.6. The molecule has 1 unspecified atom stereocenters. The number of hydrogen-bond acceptors (Lipinski definition) is 2. The van der Waals surface area contributed by atoms with Crippen LogP contribution in [0.5, 0.6) is 0 Å². The SMILES string of the molecule is Cc1ccc(C2(C)c3ccccc3C(=O)n3c2nc2ccc(Br)cc23)cc1. The molecular formula is C23H17BrN2O. The fourth-order valence-electron chi connectivity index (χ4n) is 4.11. The Bertz CT molecular complexity index is 1220. The summed E-state index contributed by atoms with van der Waals surface area (Å²) in [6.07, 6.45) is 0. The van der Waals surface area contributed by atoms with Crippen LogP contribution in [0.4, 0.5) is 0 Å². The first kappa shape index (κ1) is 16.5. The van der Waals surface area contributed by atoms with E-state index in [4.69, 9.17) is 4.98 Å². The van der Waals surface area contributed by atoms with Gasteiger partial charge in [0.25, 0.3) is 5.91 Å². The summed E-state index contributed by atoms with van der Waals surface area (Å²) >= 11 is 3.53. The summed E-state index contributed by atoms with van der Waals surface area (Å²) < 4.78 is 2.71. The molecule has 4 heteroatoms. The van der Waals surface area contributed by atoms with Crippen molar-refractivity contribution < 1.29 is 4.79 Å². The van der Waals surface area contributed by atoms with Crippen molar-refractivity contribution in [3.05, 3.63) is 99.3 Å². The maximum atomic E-state index is 13.4. The first-order valence-electron chi connectivity index (χ1n) is 8.90. The fourth-order valence-corrected chi connectivity index (χ4v) is 4.46. The number of rotatable bonds is 1. The van der Waals surface area contributed by atoms with Crippen molar-refractivity contribution in [1.82, 2.24) is 9.55 Å². The lowest BCUT2D eigenvalue weighted by atomic mass is 9.71. The molecule has 0 radical (unpaired) electrons. The van der Waals surface area contributed by atoms with E-state index in [-0.39, 0.29) is 5.91 Å². The highest BCUT2D eigenvalue weighted by Crippen LogP contribution is 2.44. The number of halogens is 1. The molecule has 0 spiro atoms. The molecule has 1 atom stereocenters. The highest BCUT2D eigenvalue weighted by molar-refractivity contribution is 9.10. The lowest BCUT2D eigenvalue weighted by molar-refractivity contribution is 0.0949. The van der Waals surface area contributed by atoms with Crippen LogP contribution in [0.2, 0.25) is 0 Å². The second kappa shape index (κ2) is 5.64. The van der Waals surface area contributed by atoms with E-state index < -0.39 is 5.41 Å². The number of imidazole rings is 1. The van der Waals surface area contributed by atoms with Gasteiger partial charge in [0.1, 0.15) is 5.82 Å². The molecule has 1 aromatic heterocycles. The highest BCUT2D eigenvalue weighted by atomic mass is 79.9. The Balaban J connectivity index is 1.92. The number of fused-ring (bicyclic) bond motifs is 4. The largest absolute Gasteiger partial charge is 0.268 e. The van der Waals surface area contributed by atoms with Gasteiger partial charge in [0.15, 0.2) is 0 Å². The van der Waals surface area contributed by atoms with Gasteiger partial charge >= 0.3 is 0 Å². The minimum absolute atomic E-state index is 0.0224. The second-order valence-electron chi connectivity index (χ2n) is 7.25. The Kier molecular flexibility index (Phi) is 3.43. The van der Waals surface area contributed by atoms with Gasteiger partial charge in [-0.1, -0.05) is 64.0 Å². The van der Waals surface area contributed by atoms with Crippen LogP contribution in [0.15, 0.2) is 71.2 Å². The molecule has 2 heterocycles. The summed E-state index contributed by atoms with van der Waals surface area (Å²) in [5, 5.41) is 0. The predicted molar refractivity (Wildman–Crippen MR) is 110 cm³/mol. The summed E-state index contributed by atoms with van der Waals surface area (Å²) in [5.74, 6) is 0.744. The smallest absolute Gasteiger partial charge is 0.264 e. The van der Waals surface area contributed by atoms with Gasteiger partial charge in [0.2, 0.25) is 0 Å². The molecule has 0 amide bonds. The molecule has 3 aromatic carbocycles. The number of nitrogens with zero attached hydrogens (tertiary/aromatic N) is 2. The second-order valence-corrected chi connectivity index (χ2v) is 8.16. The molecule has 3 nitrogen and oxygen atoms in total. The van der Waals surface area contributed by atoms with Gasteiger partial charge in [0, 0.05) is 10.0 Å². The number of hydrogen-bond donors (Lipinski definition) is 0. The van der Waals surface area contributed by atoms with E-state index in [2.05, 4.69) is 54.0 Å². The first-order chi connectivity index (χ1) is 13.0. The van der Waals surface area contributed by atoms with Crippen molar-refractivity contribution in [3.8, 4) is 0 Å². The van der Waals surface area contributed by atoms with Crippen LogP contribution in [0.1, 0.15) is 39.8 Å². The minimum atomic E-state index is -0.510. The topological polar surface area (TPSA) is 34.9 Å². The molecule has 0 bridgehead atoms. The molecule has 0 fully saturated rings. The van der Waals surface area contributed by atoms with Crippen LogP contribution in [-0.4, -0.2) is 15.5 Å². The molecule has 0 aliphatic carbocycles. The fraction of sp³-hybridized carbons (Fsp3) is 0.130. The van der Waals surface area contributed by atoms with Crippen LogP contribution in [-0.2, 0) is 5.41 Å². The highest BCUT2D eigenvalue weighted by Gasteiger charge is 2.44. The monoisotopic (exact) mass is 416 g/mol. The first-order valence-corrected chi connectivity index (χ1v) is 9.69. The molecule has 1 aliphatic heterocycles. The van der Waals surface area contributed by atoms with Crippen molar-refractivity contribution in [3.63, 3.8) is 0 Å². The van der Waals surface area contributed by atoms with E-state index in [9.17, 15) is 4.79 Å². The Labute approximate surface area is 165 Å². The average molecular weight is 417 g/mol. The van der Waals surface area contributed by atoms with Crippen LogP contribution in [0, 0.1) is 6.92 Å². The Hall–Kier alpha value is -2.72. The maximum Gasteiger partial charge on any atom is 0.264 e. The molecule has 0 saturated carbocycles. The van der Waals surface area contributed by atoms with Crippen LogP contribution in [0.3, 0.4) is 0 Å². The summed E-state index contributed by atoms with van der Waals surface area (Å²) in [6.45, 7) is 4.24. The zero-order valence-electron chi connectivity index (χ0n) is 15.0. The van der Waals surface area contributed by atoms with Gasteiger partial charge in [-0.15, -0.1) is 0 Å². The van der Waals surface area contributed by atoms with Crippen molar-refractivity contribution >= 4 is 32.9 Å². The normalized spacial score (nSPS) is 18.4. The Morgan fingerprint density at radius 3 is 2.52 bits per heavy atom. The van der Waals surface area contributed by atoms with Crippen molar-refractivity contribution in [1.29, 1.82) is 0 Å². The van der Waals surface area contributed by atoms with Gasteiger partial charge in [-0.25, -0.2) is 4.98 Å². The lowest BCUT2D eigenvalue weighted by Crippen LogP contribution is -2.38. The number of carbonyl (C=O) groups excluding carboxylic acids is 1. The van der Waals surface area contributed by atoms with Crippen molar-refractivity contribution in [2.45, 2.75) is 19.3 Å². The molecule has 0 N–H and O–H groups in total. The van der Waals surface area contributed by atoms with E-state index in [1.165, 1.54) is 5.56 Å². The molecule has 0 saturated heterocycles. The van der Waals surface area contributed by atoms with Gasteiger partial charge < -0.3 is 0 Å². The number of benzene rings is 3. The summed E-state index contributed by atoms with van der Waals surface area (Å²) in [7, 11) is 0. The van der Waals surface area contributed by atoms with Gasteiger partial charge in [-0.3, -0.25) is 9.36 Å². The third kappa shape index (κ3) is 2.20. The quantitative estimate of drug-likeness (QED) is 0.412. The molecule has 27 heavy (non-hydrogen) atoms. The van der Waals surface area contributed by atoms with Crippen molar-refractivity contribution in [2.24, 2.45) is 0 Å². The van der Waals surface area contributed by atoms with Crippen LogP contribution < -0.4 is 0 Å². The third-order valence-corrected chi connectivity index (χ3v) is 6.09. The minimum Gasteiger partial charge on any atom is -0.268 e. The van der Waals surface area contributed by atoms with Gasteiger partial charge in [0.05, 0.1) is 16.4 Å². The maximum absolute atomic E-state index is 13.4. The summed E-state index contributed by atoms with van der Waals surface area (Å²) in [6, 6.07) is 22.3. The van der Waals surface area contributed by atoms with E-state index in [0.717, 1.165) is 38.0 Å². The van der Waals surface area contributed by atoms with Crippen molar-refractivity contribution in [2.75, 3.05) is 0 Å². The molecule has 132 valence electrons. The van der Waals surface area contributed by atoms with Gasteiger partial charge in [-0.05, 0) is 49.2 Å². The van der Waals surface area contributed by atoms with E-state index in [1.807, 2.05) is 42.5 Å². The van der Waals surface area contributed by atoms with Crippen LogP contribution >= 0.6 is 15.9 Å². The predicted octanol–water partition coefficient (Wildman–Crippen LogP) is 5.46.